The Bertz CT molecular complexity index is 382. The largest absolute Gasteiger partial charge is 0.489 e. The maximum Gasteiger partial charge on any atom is 0.122 e. The van der Waals surface area contributed by atoms with Crippen LogP contribution in [0.2, 0.25) is 5.02 Å². The van der Waals surface area contributed by atoms with E-state index in [1.165, 1.54) is 0 Å². The summed E-state index contributed by atoms with van der Waals surface area (Å²) in [5.74, 6) is 0.640. The number of nitrogens with one attached hydrogen (secondary N) is 1. The van der Waals surface area contributed by atoms with E-state index >= 15 is 0 Å². The Labute approximate surface area is 118 Å². The van der Waals surface area contributed by atoms with Crippen molar-refractivity contribution in [1.29, 1.82) is 0 Å². The van der Waals surface area contributed by atoms with E-state index in [2.05, 4.69) is 21.2 Å². The van der Waals surface area contributed by atoms with Crippen LogP contribution >= 0.6 is 50.7 Å². The van der Waals surface area contributed by atoms with E-state index in [4.69, 9.17) is 39.5 Å². The zero-order chi connectivity index (χ0) is 12.1. The second-order valence-corrected chi connectivity index (χ2v) is 5.09. The molecule has 0 amide bonds. The summed E-state index contributed by atoms with van der Waals surface area (Å²) in [6, 6.07) is 3.53. The van der Waals surface area contributed by atoms with Crippen LogP contribution < -0.4 is 10.1 Å². The molecular weight excluding hydrogens is 336 g/mol. The molecule has 6 heteroatoms. The first-order valence-electron chi connectivity index (χ1n) is 4.35. The van der Waals surface area contributed by atoms with Crippen molar-refractivity contribution in [3.05, 3.63) is 32.2 Å². The first kappa shape index (κ1) is 14.0. The van der Waals surface area contributed by atoms with Gasteiger partial charge in [-0.2, -0.15) is 0 Å². The van der Waals surface area contributed by atoms with Gasteiger partial charge in [-0.25, -0.2) is 0 Å². The van der Waals surface area contributed by atoms with Crippen LogP contribution in [0.4, 0.5) is 5.69 Å². The van der Waals surface area contributed by atoms with Crippen molar-refractivity contribution in [2.24, 2.45) is 0 Å². The van der Waals surface area contributed by atoms with E-state index in [-0.39, 0.29) is 4.49 Å². The highest BCUT2D eigenvalue weighted by atomic mass is 79.9. The molecule has 0 unspecified atom stereocenters. The molecule has 88 valence electrons. The van der Waals surface area contributed by atoms with Crippen LogP contribution in [-0.2, 0) is 0 Å². The SMILES string of the molecule is CNc1c(Cl)cc(OCC=C(Cl)Cl)cc1Br. The van der Waals surface area contributed by atoms with Crippen LogP contribution in [0.3, 0.4) is 0 Å². The highest BCUT2D eigenvalue weighted by molar-refractivity contribution is 9.10. The number of ether oxygens (including phenoxy) is 1. The molecule has 0 aromatic heterocycles. The minimum absolute atomic E-state index is 0.178. The van der Waals surface area contributed by atoms with Crippen molar-refractivity contribution in [1.82, 2.24) is 0 Å². The van der Waals surface area contributed by atoms with Crippen molar-refractivity contribution >= 4 is 56.4 Å². The smallest absolute Gasteiger partial charge is 0.122 e. The van der Waals surface area contributed by atoms with Crippen molar-refractivity contribution in [3.63, 3.8) is 0 Å². The molecule has 16 heavy (non-hydrogen) atoms. The summed E-state index contributed by atoms with van der Waals surface area (Å²) in [7, 11) is 1.79. The molecule has 0 aliphatic carbocycles. The van der Waals surface area contributed by atoms with Gasteiger partial charge in [0.2, 0.25) is 0 Å². The first-order chi connectivity index (χ1) is 7.54. The number of benzene rings is 1. The van der Waals surface area contributed by atoms with E-state index in [1.54, 1.807) is 19.2 Å². The lowest BCUT2D eigenvalue weighted by Gasteiger charge is -2.09. The molecule has 1 rings (SSSR count). The van der Waals surface area contributed by atoms with Crippen LogP contribution in [-0.4, -0.2) is 13.7 Å². The second kappa shape index (κ2) is 6.60. The maximum atomic E-state index is 6.04. The van der Waals surface area contributed by atoms with Gasteiger partial charge in [0.15, 0.2) is 0 Å². The minimum atomic E-state index is 0.178. The Kier molecular flexibility index (Phi) is 5.76. The number of rotatable bonds is 4. The second-order valence-electron chi connectivity index (χ2n) is 2.82. The summed E-state index contributed by atoms with van der Waals surface area (Å²) in [5.41, 5.74) is 0.819. The van der Waals surface area contributed by atoms with Crippen LogP contribution in [0.5, 0.6) is 5.75 Å². The lowest BCUT2D eigenvalue weighted by Crippen LogP contribution is -1.96. The Balaban J connectivity index is 2.80. The topological polar surface area (TPSA) is 21.3 Å². The molecule has 0 spiro atoms. The highest BCUT2D eigenvalue weighted by Gasteiger charge is 2.06. The van der Waals surface area contributed by atoms with Gasteiger partial charge >= 0.3 is 0 Å². The zero-order valence-corrected chi connectivity index (χ0v) is 12.2. The lowest BCUT2D eigenvalue weighted by atomic mass is 10.3. The first-order valence-corrected chi connectivity index (χ1v) is 6.28. The van der Waals surface area contributed by atoms with E-state index in [1.807, 2.05) is 6.07 Å². The molecule has 2 nitrogen and oxygen atoms in total. The molecule has 0 atom stereocenters. The van der Waals surface area contributed by atoms with Gasteiger partial charge in [0.1, 0.15) is 16.8 Å². The minimum Gasteiger partial charge on any atom is -0.489 e. The normalized spacial score (nSPS) is 9.81. The summed E-state index contributed by atoms with van der Waals surface area (Å²) in [4.78, 5) is 0. The molecule has 1 aromatic rings. The highest BCUT2D eigenvalue weighted by Crippen LogP contribution is 2.34. The molecule has 0 saturated heterocycles. The van der Waals surface area contributed by atoms with Crippen molar-refractivity contribution in [2.75, 3.05) is 19.0 Å². The zero-order valence-electron chi connectivity index (χ0n) is 8.36. The van der Waals surface area contributed by atoms with Gasteiger partial charge in [-0.05, 0) is 28.1 Å². The van der Waals surface area contributed by atoms with Crippen molar-refractivity contribution in [2.45, 2.75) is 0 Å². The Morgan fingerprint density at radius 1 is 1.50 bits per heavy atom. The number of hydrogen-bond donors (Lipinski definition) is 1. The Morgan fingerprint density at radius 2 is 2.19 bits per heavy atom. The van der Waals surface area contributed by atoms with Gasteiger partial charge in [-0.1, -0.05) is 34.8 Å². The monoisotopic (exact) mass is 343 g/mol. The summed E-state index contributed by atoms with van der Waals surface area (Å²) in [6.07, 6.45) is 1.55. The molecule has 0 heterocycles. The quantitative estimate of drug-likeness (QED) is 0.843. The van der Waals surface area contributed by atoms with Crippen LogP contribution in [0.25, 0.3) is 0 Å². The summed E-state index contributed by atoms with van der Waals surface area (Å²) >= 11 is 20.3. The van der Waals surface area contributed by atoms with Gasteiger partial charge in [0.25, 0.3) is 0 Å². The number of halogens is 4. The number of hydrogen-bond acceptors (Lipinski definition) is 2. The molecule has 0 bridgehead atoms. The van der Waals surface area contributed by atoms with Gasteiger partial charge < -0.3 is 10.1 Å². The standard InChI is InChI=1S/C10H9BrCl3NO/c1-15-10-7(11)4-6(5-8(10)12)16-3-2-9(13)14/h2,4-5,15H,3H2,1H3. The third-order valence-corrected chi connectivity index (χ3v) is 2.99. The van der Waals surface area contributed by atoms with E-state index in [0.717, 1.165) is 10.2 Å². The van der Waals surface area contributed by atoms with Crippen LogP contribution in [0, 0.1) is 0 Å². The maximum absolute atomic E-state index is 6.04. The van der Waals surface area contributed by atoms with Crippen molar-refractivity contribution in [3.8, 4) is 5.75 Å². The Hall–Kier alpha value is -0.0900. The Morgan fingerprint density at radius 3 is 2.69 bits per heavy atom. The molecule has 1 N–H and O–H groups in total. The van der Waals surface area contributed by atoms with E-state index in [0.29, 0.717) is 17.4 Å². The predicted octanol–water partition coefficient (Wildman–Crippen LogP) is 4.84. The third-order valence-electron chi connectivity index (χ3n) is 1.75. The average molecular weight is 345 g/mol. The van der Waals surface area contributed by atoms with Gasteiger partial charge in [-0.3, -0.25) is 0 Å². The molecule has 0 aliphatic rings. The van der Waals surface area contributed by atoms with Crippen LogP contribution in [0.1, 0.15) is 0 Å². The summed E-state index contributed by atoms with van der Waals surface area (Å²) in [5, 5.41) is 3.55. The summed E-state index contributed by atoms with van der Waals surface area (Å²) < 4.78 is 6.40. The molecule has 1 aromatic carbocycles. The van der Waals surface area contributed by atoms with Gasteiger partial charge in [0.05, 0.1) is 10.7 Å². The molecule has 0 saturated carbocycles. The number of anilines is 1. The van der Waals surface area contributed by atoms with Gasteiger partial charge in [0, 0.05) is 17.6 Å². The fourth-order valence-corrected chi connectivity index (χ4v) is 2.25. The molecular formula is C10H9BrCl3NO. The third kappa shape index (κ3) is 4.06. The van der Waals surface area contributed by atoms with Crippen LogP contribution in [0.15, 0.2) is 27.2 Å². The van der Waals surface area contributed by atoms with Gasteiger partial charge in [-0.15, -0.1) is 0 Å². The molecule has 0 aliphatic heterocycles. The molecule has 0 radical (unpaired) electrons. The lowest BCUT2D eigenvalue weighted by molar-refractivity contribution is 0.363. The van der Waals surface area contributed by atoms with E-state index < -0.39 is 0 Å². The fourth-order valence-electron chi connectivity index (χ4n) is 1.07. The average Bonchev–Trinajstić information content (AvgIpc) is 2.16. The van der Waals surface area contributed by atoms with E-state index in [9.17, 15) is 0 Å². The molecule has 0 fully saturated rings. The van der Waals surface area contributed by atoms with Crippen molar-refractivity contribution < 1.29 is 4.74 Å². The summed E-state index contributed by atoms with van der Waals surface area (Å²) in [6.45, 7) is 0.296. The fraction of sp³-hybridized carbons (Fsp3) is 0.200. The predicted molar refractivity (Wildman–Crippen MR) is 74.0 cm³/mol.